The second-order valence-corrected chi connectivity index (χ2v) is 6.05. The van der Waals surface area contributed by atoms with Gasteiger partial charge in [-0.2, -0.15) is 0 Å². The molecule has 1 N–H and O–H groups in total. The van der Waals surface area contributed by atoms with E-state index in [0.717, 1.165) is 31.7 Å². The Morgan fingerprint density at radius 3 is 2.67 bits per heavy atom. The van der Waals surface area contributed by atoms with Crippen molar-refractivity contribution < 1.29 is 9.59 Å². The van der Waals surface area contributed by atoms with Gasteiger partial charge in [0.05, 0.1) is 0 Å². The zero-order valence-electron chi connectivity index (χ0n) is 13.5. The molecule has 2 aromatic rings. The molecule has 1 fully saturated rings. The maximum atomic E-state index is 12.1. The Morgan fingerprint density at radius 1 is 1.12 bits per heavy atom. The molecule has 0 aliphatic carbocycles. The minimum absolute atomic E-state index is 0.327. The number of rotatable bonds is 5. The normalized spacial score (nSPS) is 17.3. The third-order valence-electron chi connectivity index (χ3n) is 4.29. The van der Waals surface area contributed by atoms with E-state index in [1.54, 1.807) is 30.5 Å². The lowest BCUT2D eigenvalue weighted by Gasteiger charge is -2.33. The maximum absolute atomic E-state index is 12.1. The Balaban J connectivity index is 1.53. The number of pyridine rings is 1. The fraction of sp³-hybridized carbons (Fsp3) is 0.316. The molecule has 5 heteroatoms. The quantitative estimate of drug-likeness (QED) is 0.677. The highest BCUT2D eigenvalue weighted by Crippen LogP contribution is 2.20. The van der Waals surface area contributed by atoms with Crippen molar-refractivity contribution >= 4 is 17.5 Å². The molecule has 3 rings (SSSR count). The van der Waals surface area contributed by atoms with E-state index in [1.807, 2.05) is 24.3 Å². The van der Waals surface area contributed by atoms with Crippen LogP contribution in [-0.4, -0.2) is 36.3 Å². The smallest absolute Gasteiger partial charge is 0.292 e. The Bertz CT molecular complexity index is 688. The number of ketones is 1. The van der Waals surface area contributed by atoms with Crippen LogP contribution in [0.3, 0.4) is 0 Å². The number of carbonyl (C=O) groups is 2. The third kappa shape index (κ3) is 3.98. The molecular formula is C19H21N3O2. The number of amides is 1. The Labute approximate surface area is 141 Å². The molecule has 1 aromatic heterocycles. The standard InChI is InChI=1S/C19H21N3O2/c23-18(16-8-2-1-3-9-16)19(24)21-13-15-7-6-12-22(14-15)17-10-4-5-11-20-17/h1-5,8-11,15H,6-7,12-14H2,(H,21,24)/t15-/m1/s1. The van der Waals surface area contributed by atoms with E-state index < -0.39 is 11.7 Å². The van der Waals surface area contributed by atoms with Gasteiger partial charge in [0.2, 0.25) is 5.78 Å². The highest BCUT2D eigenvalue weighted by molar-refractivity contribution is 6.42. The predicted molar refractivity (Wildman–Crippen MR) is 93.0 cm³/mol. The molecule has 0 bridgehead atoms. The summed E-state index contributed by atoms with van der Waals surface area (Å²) in [7, 11) is 0. The summed E-state index contributed by atoms with van der Waals surface area (Å²) in [6.07, 6.45) is 3.89. The lowest BCUT2D eigenvalue weighted by atomic mass is 9.97. The molecule has 1 atom stereocenters. The maximum Gasteiger partial charge on any atom is 0.292 e. The SMILES string of the molecule is O=C(NC[C@H]1CCCN(c2ccccn2)C1)C(=O)c1ccccc1. The average Bonchev–Trinajstić information content (AvgIpc) is 2.67. The van der Waals surface area contributed by atoms with Crippen LogP contribution in [0.5, 0.6) is 0 Å². The van der Waals surface area contributed by atoms with Crippen LogP contribution in [0, 0.1) is 5.92 Å². The first-order valence-electron chi connectivity index (χ1n) is 8.27. The van der Waals surface area contributed by atoms with Crippen LogP contribution in [0.25, 0.3) is 0 Å². The van der Waals surface area contributed by atoms with Crippen LogP contribution in [0.1, 0.15) is 23.2 Å². The van der Waals surface area contributed by atoms with Crippen LogP contribution >= 0.6 is 0 Å². The fourth-order valence-corrected chi connectivity index (χ4v) is 3.02. The largest absolute Gasteiger partial charge is 0.356 e. The first kappa shape index (κ1) is 16.2. The van der Waals surface area contributed by atoms with Gasteiger partial charge < -0.3 is 10.2 Å². The molecule has 0 spiro atoms. The molecular weight excluding hydrogens is 302 g/mol. The minimum Gasteiger partial charge on any atom is -0.356 e. The van der Waals surface area contributed by atoms with Crippen LogP contribution < -0.4 is 10.2 Å². The molecule has 1 aromatic carbocycles. The Kier molecular flexibility index (Phi) is 5.21. The average molecular weight is 323 g/mol. The molecule has 1 aliphatic heterocycles. The molecule has 1 aliphatic rings. The van der Waals surface area contributed by atoms with E-state index in [1.165, 1.54) is 0 Å². The summed E-state index contributed by atoms with van der Waals surface area (Å²) >= 11 is 0. The molecule has 0 unspecified atom stereocenters. The summed E-state index contributed by atoms with van der Waals surface area (Å²) in [5.41, 5.74) is 0.425. The van der Waals surface area contributed by atoms with Gasteiger partial charge in [-0.05, 0) is 30.9 Å². The van der Waals surface area contributed by atoms with Crippen molar-refractivity contribution in [3.05, 3.63) is 60.3 Å². The van der Waals surface area contributed by atoms with E-state index in [0.29, 0.717) is 18.0 Å². The van der Waals surface area contributed by atoms with Crippen LogP contribution in [-0.2, 0) is 4.79 Å². The molecule has 24 heavy (non-hydrogen) atoms. The number of nitrogens with zero attached hydrogens (tertiary/aromatic N) is 2. The van der Waals surface area contributed by atoms with E-state index in [9.17, 15) is 9.59 Å². The van der Waals surface area contributed by atoms with Gasteiger partial charge in [-0.15, -0.1) is 0 Å². The second-order valence-electron chi connectivity index (χ2n) is 6.05. The van der Waals surface area contributed by atoms with E-state index in [2.05, 4.69) is 15.2 Å². The summed E-state index contributed by atoms with van der Waals surface area (Å²) < 4.78 is 0. The van der Waals surface area contributed by atoms with Crippen molar-refractivity contribution in [3.8, 4) is 0 Å². The Hall–Kier alpha value is -2.69. The molecule has 2 heterocycles. The van der Waals surface area contributed by atoms with Gasteiger partial charge in [0.15, 0.2) is 0 Å². The number of nitrogens with one attached hydrogen (secondary N) is 1. The zero-order valence-corrected chi connectivity index (χ0v) is 13.5. The number of hydrogen-bond acceptors (Lipinski definition) is 4. The van der Waals surface area contributed by atoms with Gasteiger partial charge in [-0.1, -0.05) is 36.4 Å². The number of aromatic nitrogens is 1. The number of hydrogen-bond donors (Lipinski definition) is 1. The minimum atomic E-state index is -0.531. The second kappa shape index (κ2) is 7.73. The lowest BCUT2D eigenvalue weighted by Crippen LogP contribution is -2.42. The molecule has 1 amide bonds. The summed E-state index contributed by atoms with van der Waals surface area (Å²) in [4.78, 5) is 30.7. The van der Waals surface area contributed by atoms with Crippen LogP contribution in [0.15, 0.2) is 54.7 Å². The first-order valence-corrected chi connectivity index (χ1v) is 8.27. The monoisotopic (exact) mass is 323 g/mol. The predicted octanol–water partition coefficient (Wildman–Crippen LogP) is 2.30. The summed E-state index contributed by atoms with van der Waals surface area (Å²) in [6, 6.07) is 14.5. The fourth-order valence-electron chi connectivity index (χ4n) is 3.02. The molecule has 124 valence electrons. The number of piperidine rings is 1. The van der Waals surface area contributed by atoms with Crippen molar-refractivity contribution in [1.82, 2.24) is 10.3 Å². The van der Waals surface area contributed by atoms with Gasteiger partial charge >= 0.3 is 0 Å². The van der Waals surface area contributed by atoms with Crippen LogP contribution in [0.4, 0.5) is 5.82 Å². The summed E-state index contributed by atoms with van der Waals surface area (Å²) in [5, 5.41) is 2.79. The number of anilines is 1. The number of carbonyl (C=O) groups excluding carboxylic acids is 2. The van der Waals surface area contributed by atoms with Crippen LogP contribution in [0.2, 0.25) is 0 Å². The summed E-state index contributed by atoms with van der Waals surface area (Å²) in [5.74, 6) is 0.284. The molecule has 5 nitrogen and oxygen atoms in total. The zero-order chi connectivity index (χ0) is 16.8. The van der Waals surface area contributed by atoms with Crippen molar-refractivity contribution in [2.75, 3.05) is 24.5 Å². The van der Waals surface area contributed by atoms with Crippen molar-refractivity contribution in [2.24, 2.45) is 5.92 Å². The lowest BCUT2D eigenvalue weighted by molar-refractivity contribution is -0.117. The van der Waals surface area contributed by atoms with Crippen molar-refractivity contribution in [1.29, 1.82) is 0 Å². The van der Waals surface area contributed by atoms with Gasteiger partial charge in [-0.25, -0.2) is 4.98 Å². The molecule has 1 saturated heterocycles. The molecule has 0 radical (unpaired) electrons. The van der Waals surface area contributed by atoms with Gasteiger partial charge in [0.1, 0.15) is 5.82 Å². The first-order chi connectivity index (χ1) is 11.7. The highest BCUT2D eigenvalue weighted by atomic mass is 16.2. The third-order valence-corrected chi connectivity index (χ3v) is 4.29. The Morgan fingerprint density at radius 2 is 1.92 bits per heavy atom. The van der Waals surface area contributed by atoms with Gasteiger partial charge in [0, 0.05) is 31.4 Å². The molecule has 0 saturated carbocycles. The van der Waals surface area contributed by atoms with E-state index >= 15 is 0 Å². The highest BCUT2D eigenvalue weighted by Gasteiger charge is 2.23. The van der Waals surface area contributed by atoms with Crippen molar-refractivity contribution in [2.45, 2.75) is 12.8 Å². The number of Topliss-reactive ketones (excluding diaryl/α,β-unsaturated/α-hetero) is 1. The van der Waals surface area contributed by atoms with Crippen molar-refractivity contribution in [3.63, 3.8) is 0 Å². The topological polar surface area (TPSA) is 62.3 Å². The van der Waals surface area contributed by atoms with E-state index in [4.69, 9.17) is 0 Å². The van der Waals surface area contributed by atoms with Gasteiger partial charge in [-0.3, -0.25) is 9.59 Å². The summed E-state index contributed by atoms with van der Waals surface area (Å²) in [6.45, 7) is 2.34. The van der Waals surface area contributed by atoms with E-state index in [-0.39, 0.29) is 0 Å². The van der Waals surface area contributed by atoms with Gasteiger partial charge in [0.25, 0.3) is 5.91 Å². The number of benzene rings is 1.